The van der Waals surface area contributed by atoms with Crippen LogP contribution in [0.1, 0.15) is 12.5 Å². The molecule has 2 aromatic carbocycles. The molecular weight excluding hydrogens is 483 g/mol. The summed E-state index contributed by atoms with van der Waals surface area (Å²) in [5, 5.41) is 12.1. The van der Waals surface area contributed by atoms with Crippen LogP contribution in [0.15, 0.2) is 42.0 Å². The molecule has 0 spiro atoms. The first-order valence-electron chi connectivity index (χ1n) is 8.62. The molecule has 1 amide bonds. The summed E-state index contributed by atoms with van der Waals surface area (Å²) in [7, 11) is 1.51. The highest BCUT2D eigenvalue weighted by Crippen LogP contribution is 2.34. The second-order valence-corrected chi connectivity index (χ2v) is 6.77. The van der Waals surface area contributed by atoms with Gasteiger partial charge in [0.1, 0.15) is 24.0 Å². The Labute approximate surface area is 183 Å². The minimum absolute atomic E-state index is 0.0472. The summed E-state index contributed by atoms with van der Waals surface area (Å²) in [6.07, 6.45) is 6.72. The summed E-state index contributed by atoms with van der Waals surface area (Å²) in [5.74, 6) is 3.57. The summed E-state index contributed by atoms with van der Waals surface area (Å²) in [6, 6.07) is 12.3. The van der Waals surface area contributed by atoms with Crippen molar-refractivity contribution in [2.75, 3.05) is 25.6 Å². The molecular formula is C22H19IN2O4. The van der Waals surface area contributed by atoms with Gasteiger partial charge in [0, 0.05) is 5.69 Å². The third-order valence-electron chi connectivity index (χ3n) is 3.65. The molecule has 0 bridgehead atoms. The first kappa shape index (κ1) is 22.1. The number of anilines is 1. The third kappa shape index (κ3) is 6.16. The number of nitrogens with one attached hydrogen (secondary N) is 1. The first-order valence-corrected chi connectivity index (χ1v) is 9.70. The molecule has 6 nitrogen and oxygen atoms in total. The van der Waals surface area contributed by atoms with Crippen LogP contribution < -0.4 is 19.5 Å². The number of rotatable bonds is 8. The number of nitrogens with zero attached hydrogens (tertiary/aromatic N) is 1. The number of ether oxygens (including phenoxy) is 3. The minimum Gasteiger partial charge on any atom is -0.494 e. The van der Waals surface area contributed by atoms with Gasteiger partial charge in [0.15, 0.2) is 11.5 Å². The topological polar surface area (TPSA) is 80.6 Å². The Morgan fingerprint density at radius 3 is 2.59 bits per heavy atom. The lowest BCUT2D eigenvalue weighted by Crippen LogP contribution is -2.13. The van der Waals surface area contributed by atoms with Gasteiger partial charge in [-0.3, -0.25) is 4.79 Å². The molecule has 0 aliphatic heterocycles. The summed E-state index contributed by atoms with van der Waals surface area (Å²) < 4.78 is 17.0. The molecule has 0 heterocycles. The van der Waals surface area contributed by atoms with Crippen LogP contribution in [0.2, 0.25) is 0 Å². The van der Waals surface area contributed by atoms with Crippen molar-refractivity contribution in [2.24, 2.45) is 0 Å². The number of hydrogen-bond donors (Lipinski definition) is 1. The van der Waals surface area contributed by atoms with Crippen LogP contribution >= 0.6 is 22.6 Å². The molecule has 0 unspecified atom stereocenters. The summed E-state index contributed by atoms with van der Waals surface area (Å²) >= 11 is 2.08. The number of halogens is 1. The lowest BCUT2D eigenvalue weighted by molar-refractivity contribution is -0.112. The number of terminal acetylenes is 1. The van der Waals surface area contributed by atoms with E-state index in [0.29, 0.717) is 35.1 Å². The van der Waals surface area contributed by atoms with Crippen molar-refractivity contribution in [1.29, 1.82) is 5.26 Å². The molecule has 0 atom stereocenters. The molecule has 1 N–H and O–H groups in total. The monoisotopic (exact) mass is 502 g/mol. The lowest BCUT2D eigenvalue weighted by Gasteiger charge is -2.12. The van der Waals surface area contributed by atoms with Crippen molar-refractivity contribution < 1.29 is 19.0 Å². The van der Waals surface area contributed by atoms with Gasteiger partial charge in [0.05, 0.1) is 17.3 Å². The van der Waals surface area contributed by atoms with Gasteiger partial charge in [0.2, 0.25) is 0 Å². The predicted octanol–water partition coefficient (Wildman–Crippen LogP) is 4.26. The largest absolute Gasteiger partial charge is 0.494 e. The van der Waals surface area contributed by atoms with Crippen LogP contribution in [0, 0.1) is 27.2 Å². The molecule has 0 aliphatic rings. The Morgan fingerprint density at radius 2 is 2.00 bits per heavy atom. The maximum Gasteiger partial charge on any atom is 0.266 e. The zero-order valence-corrected chi connectivity index (χ0v) is 18.1. The molecule has 0 aromatic heterocycles. The van der Waals surface area contributed by atoms with E-state index in [1.165, 1.54) is 13.2 Å². The highest BCUT2D eigenvalue weighted by molar-refractivity contribution is 14.1. The van der Waals surface area contributed by atoms with Crippen molar-refractivity contribution in [3.8, 4) is 35.7 Å². The third-order valence-corrected chi connectivity index (χ3v) is 4.45. The Morgan fingerprint density at radius 1 is 1.28 bits per heavy atom. The van der Waals surface area contributed by atoms with Crippen LogP contribution in [0.25, 0.3) is 6.08 Å². The molecule has 2 aromatic rings. The van der Waals surface area contributed by atoms with Crippen LogP contribution in [0.3, 0.4) is 0 Å². The number of amides is 1. The SMILES string of the molecule is C#CCOc1c(I)cc(/C=C(/C#N)C(=O)Nc2ccc(OCC)cc2)cc1OC. The van der Waals surface area contributed by atoms with E-state index in [9.17, 15) is 10.1 Å². The minimum atomic E-state index is -0.515. The van der Waals surface area contributed by atoms with Crippen LogP contribution in [-0.4, -0.2) is 26.2 Å². The lowest BCUT2D eigenvalue weighted by atomic mass is 10.1. The number of nitriles is 1. The highest BCUT2D eigenvalue weighted by atomic mass is 127. The van der Waals surface area contributed by atoms with E-state index < -0.39 is 5.91 Å². The summed E-state index contributed by atoms with van der Waals surface area (Å²) in [6.45, 7) is 2.56. The van der Waals surface area contributed by atoms with Crippen molar-refractivity contribution in [3.63, 3.8) is 0 Å². The average Bonchev–Trinajstić information content (AvgIpc) is 2.72. The smallest absolute Gasteiger partial charge is 0.266 e. The van der Waals surface area contributed by atoms with E-state index in [-0.39, 0.29) is 12.2 Å². The number of methoxy groups -OCH3 is 1. The van der Waals surface area contributed by atoms with Crippen LogP contribution in [0.4, 0.5) is 5.69 Å². The average molecular weight is 502 g/mol. The highest BCUT2D eigenvalue weighted by Gasteiger charge is 2.14. The van der Waals surface area contributed by atoms with Gasteiger partial charge in [-0.2, -0.15) is 5.26 Å². The molecule has 29 heavy (non-hydrogen) atoms. The van der Waals surface area contributed by atoms with Gasteiger partial charge in [-0.1, -0.05) is 5.92 Å². The maximum atomic E-state index is 12.5. The fourth-order valence-electron chi connectivity index (χ4n) is 2.39. The molecule has 7 heteroatoms. The molecule has 148 valence electrons. The second-order valence-electron chi connectivity index (χ2n) is 5.61. The van der Waals surface area contributed by atoms with Crippen LogP contribution in [-0.2, 0) is 4.79 Å². The fourth-order valence-corrected chi connectivity index (χ4v) is 3.17. The predicted molar refractivity (Wildman–Crippen MR) is 120 cm³/mol. The zero-order valence-electron chi connectivity index (χ0n) is 16.0. The van der Waals surface area contributed by atoms with Crippen LogP contribution in [0.5, 0.6) is 17.2 Å². The van der Waals surface area contributed by atoms with Gasteiger partial charge in [0.25, 0.3) is 5.91 Å². The summed E-state index contributed by atoms with van der Waals surface area (Å²) in [4.78, 5) is 12.5. The molecule has 0 aliphatic carbocycles. The van der Waals surface area contributed by atoms with E-state index in [1.54, 1.807) is 36.4 Å². The molecule has 2 rings (SSSR count). The number of hydrogen-bond acceptors (Lipinski definition) is 5. The first-order chi connectivity index (χ1) is 14.0. The zero-order chi connectivity index (χ0) is 21.2. The van der Waals surface area contributed by atoms with Gasteiger partial charge in [-0.05, 0) is 77.6 Å². The molecule has 0 radical (unpaired) electrons. The van der Waals surface area contributed by atoms with E-state index >= 15 is 0 Å². The molecule has 0 fully saturated rings. The van der Waals surface area contributed by atoms with Crippen molar-refractivity contribution in [3.05, 3.63) is 51.1 Å². The summed E-state index contributed by atoms with van der Waals surface area (Å²) in [5.41, 5.74) is 1.14. The van der Waals surface area contributed by atoms with Crippen molar-refractivity contribution >= 4 is 40.3 Å². The Balaban J connectivity index is 2.24. The Hall–Kier alpha value is -3.17. The molecule has 0 saturated heterocycles. The maximum absolute atomic E-state index is 12.5. The van der Waals surface area contributed by atoms with Gasteiger partial charge in [-0.15, -0.1) is 6.42 Å². The number of benzene rings is 2. The Kier molecular flexibility index (Phi) is 8.38. The van der Waals surface area contributed by atoms with E-state index in [2.05, 4.69) is 33.8 Å². The molecule has 0 saturated carbocycles. The van der Waals surface area contributed by atoms with Gasteiger partial charge in [-0.25, -0.2) is 0 Å². The number of carbonyl (C=O) groups excluding carboxylic acids is 1. The van der Waals surface area contributed by atoms with Gasteiger partial charge < -0.3 is 19.5 Å². The normalized spacial score (nSPS) is 10.4. The van der Waals surface area contributed by atoms with E-state index in [0.717, 1.165) is 3.57 Å². The standard InChI is InChI=1S/C22H19IN2O4/c1-4-10-29-21-19(23)12-15(13-20(21)27-3)11-16(14-24)22(26)25-17-6-8-18(9-7-17)28-5-2/h1,6-9,11-13H,5,10H2,2-3H3,(H,25,26)/b16-11-. The van der Waals surface area contributed by atoms with E-state index in [1.807, 2.05) is 13.0 Å². The fraction of sp³-hybridized carbons (Fsp3) is 0.182. The van der Waals surface area contributed by atoms with Gasteiger partial charge >= 0.3 is 0 Å². The second kappa shape index (κ2) is 11.0. The van der Waals surface area contributed by atoms with E-state index in [4.69, 9.17) is 20.6 Å². The Bertz CT molecular complexity index is 986. The van der Waals surface area contributed by atoms with Crippen molar-refractivity contribution in [1.82, 2.24) is 0 Å². The quantitative estimate of drug-likeness (QED) is 0.253. The van der Waals surface area contributed by atoms with Crippen molar-refractivity contribution in [2.45, 2.75) is 6.92 Å². The number of carbonyl (C=O) groups is 1.